The molecule has 0 atom stereocenters. The highest BCUT2D eigenvalue weighted by molar-refractivity contribution is 5.95. The van der Waals surface area contributed by atoms with Crippen LogP contribution in [-0.2, 0) is 17.8 Å². The summed E-state index contributed by atoms with van der Waals surface area (Å²) in [5.74, 6) is -0.323. The van der Waals surface area contributed by atoms with Gasteiger partial charge in [0.2, 0.25) is 11.7 Å². The van der Waals surface area contributed by atoms with Gasteiger partial charge in [0, 0.05) is 35.4 Å². The molecule has 0 saturated carbocycles. The van der Waals surface area contributed by atoms with Crippen LogP contribution >= 0.6 is 0 Å². The lowest BCUT2D eigenvalue weighted by atomic mass is 10.1. The van der Waals surface area contributed by atoms with Crippen molar-refractivity contribution in [2.24, 2.45) is 0 Å². The van der Waals surface area contributed by atoms with Crippen molar-refractivity contribution in [3.63, 3.8) is 0 Å². The van der Waals surface area contributed by atoms with E-state index in [1.165, 1.54) is 6.07 Å². The van der Waals surface area contributed by atoms with Gasteiger partial charge in [0.1, 0.15) is 6.54 Å². The molecular weight excluding hydrogens is 477 g/mol. The number of rotatable bonds is 6. The van der Waals surface area contributed by atoms with Crippen molar-refractivity contribution >= 4 is 28.2 Å². The van der Waals surface area contributed by atoms with E-state index in [-0.39, 0.29) is 29.9 Å². The van der Waals surface area contributed by atoms with E-state index in [9.17, 15) is 18.0 Å². The van der Waals surface area contributed by atoms with E-state index in [1.807, 2.05) is 12.1 Å². The summed E-state index contributed by atoms with van der Waals surface area (Å²) in [5, 5.41) is 6.98. The lowest BCUT2D eigenvalue weighted by Crippen LogP contribution is -2.36. The van der Waals surface area contributed by atoms with E-state index in [1.54, 1.807) is 30.3 Å². The smallest absolute Gasteiger partial charge is 0.398 e. The largest absolute Gasteiger partial charge is 0.406 e. The fourth-order valence-corrected chi connectivity index (χ4v) is 4.18. The second-order valence-corrected chi connectivity index (χ2v) is 8.35. The maximum absolute atomic E-state index is 13.3. The molecule has 2 aromatic carbocycles. The van der Waals surface area contributed by atoms with Crippen LogP contribution in [0.2, 0.25) is 0 Å². The summed E-state index contributed by atoms with van der Waals surface area (Å²) in [5.41, 5.74) is 8.17. The van der Waals surface area contributed by atoms with Crippen molar-refractivity contribution in [3.05, 3.63) is 60.0 Å². The molecule has 0 bridgehead atoms. The lowest BCUT2D eigenvalue weighted by molar-refractivity contribution is -0.139. The number of alkyl halides is 3. The molecule has 4 aromatic rings. The number of amides is 1. The molecule has 1 saturated heterocycles. The molecule has 0 unspecified atom stereocenters. The molecular formula is C24H23F3N6O3. The molecule has 9 nitrogen and oxygen atoms in total. The number of ether oxygens (including phenoxy) is 1. The van der Waals surface area contributed by atoms with Gasteiger partial charge in [-0.2, -0.15) is 18.2 Å². The van der Waals surface area contributed by atoms with Crippen LogP contribution in [0.1, 0.15) is 16.2 Å². The molecule has 3 heterocycles. The molecule has 1 amide bonds. The zero-order valence-electron chi connectivity index (χ0n) is 19.1. The first-order valence-corrected chi connectivity index (χ1v) is 11.3. The zero-order chi connectivity index (χ0) is 25.3. The Morgan fingerprint density at radius 3 is 2.58 bits per heavy atom. The third-order valence-corrected chi connectivity index (χ3v) is 5.92. The minimum absolute atomic E-state index is 0.0334. The number of carbonyl (C=O) groups excluding carboxylic acids is 1. The standard InChI is InChI=1S/C24H23F3N6O3/c25-24(26,27)14-33-19-3-1-2-18(28)17(19)12-20(33)22-30-21(36-31-22)13-29-23(34)15-4-6-16(7-5-15)32-8-10-35-11-9-32/h1-7,12H,8-11,13-14,28H2,(H,29,34). The van der Waals surface area contributed by atoms with E-state index in [2.05, 4.69) is 20.4 Å². The van der Waals surface area contributed by atoms with Crippen LogP contribution in [0.25, 0.3) is 22.4 Å². The summed E-state index contributed by atoms with van der Waals surface area (Å²) in [6.07, 6.45) is -4.47. The molecule has 0 radical (unpaired) electrons. The zero-order valence-corrected chi connectivity index (χ0v) is 19.1. The van der Waals surface area contributed by atoms with Crippen molar-refractivity contribution in [1.29, 1.82) is 0 Å². The number of morpholine rings is 1. The van der Waals surface area contributed by atoms with Gasteiger partial charge in [-0.1, -0.05) is 11.2 Å². The molecule has 1 aliphatic rings. The highest BCUT2D eigenvalue weighted by Crippen LogP contribution is 2.33. The van der Waals surface area contributed by atoms with Crippen LogP contribution in [0.3, 0.4) is 0 Å². The number of hydrogen-bond acceptors (Lipinski definition) is 7. The Hall–Kier alpha value is -4.06. The SMILES string of the molecule is Nc1cccc2c1cc(-c1noc(CNC(=O)c3ccc(N4CCOCC4)cc3)n1)n2CC(F)(F)F. The number of aromatic nitrogens is 3. The molecule has 2 aromatic heterocycles. The van der Waals surface area contributed by atoms with Gasteiger partial charge in [-0.3, -0.25) is 4.79 Å². The fraction of sp³-hybridized carbons (Fsp3) is 0.292. The van der Waals surface area contributed by atoms with Crippen LogP contribution in [0.4, 0.5) is 24.5 Å². The van der Waals surface area contributed by atoms with Crippen LogP contribution < -0.4 is 16.0 Å². The number of nitrogen functional groups attached to an aromatic ring is 1. The van der Waals surface area contributed by atoms with Crippen molar-refractivity contribution < 1.29 is 27.2 Å². The summed E-state index contributed by atoms with van der Waals surface area (Å²) in [6, 6.07) is 13.4. The monoisotopic (exact) mass is 500 g/mol. The predicted molar refractivity (Wildman–Crippen MR) is 126 cm³/mol. The van der Waals surface area contributed by atoms with Crippen LogP contribution in [-0.4, -0.2) is 53.1 Å². The quantitative estimate of drug-likeness (QED) is 0.389. The highest BCUT2D eigenvalue weighted by atomic mass is 19.4. The lowest BCUT2D eigenvalue weighted by Gasteiger charge is -2.28. The minimum Gasteiger partial charge on any atom is -0.398 e. The number of nitrogens with zero attached hydrogens (tertiary/aromatic N) is 4. The maximum Gasteiger partial charge on any atom is 0.406 e. The number of nitrogens with one attached hydrogen (secondary N) is 1. The molecule has 5 rings (SSSR count). The number of benzene rings is 2. The number of nitrogens with two attached hydrogens (primary N) is 1. The van der Waals surface area contributed by atoms with Gasteiger partial charge in [0.15, 0.2) is 0 Å². The van der Waals surface area contributed by atoms with Gasteiger partial charge in [-0.25, -0.2) is 0 Å². The van der Waals surface area contributed by atoms with E-state index in [0.717, 1.165) is 23.3 Å². The number of fused-ring (bicyclic) bond motifs is 1. The average molecular weight is 500 g/mol. The Morgan fingerprint density at radius 2 is 1.86 bits per heavy atom. The Morgan fingerprint density at radius 1 is 1.11 bits per heavy atom. The third-order valence-electron chi connectivity index (χ3n) is 5.92. The van der Waals surface area contributed by atoms with Gasteiger partial charge < -0.3 is 29.8 Å². The third kappa shape index (κ3) is 4.98. The second kappa shape index (κ2) is 9.53. The van der Waals surface area contributed by atoms with E-state index < -0.39 is 12.7 Å². The summed E-state index contributed by atoms with van der Waals surface area (Å²) in [6.45, 7) is 1.59. The summed E-state index contributed by atoms with van der Waals surface area (Å²) < 4.78 is 51.4. The van der Waals surface area contributed by atoms with Crippen molar-refractivity contribution in [3.8, 4) is 11.5 Å². The molecule has 1 fully saturated rings. The Labute approximate surface area is 203 Å². The second-order valence-electron chi connectivity index (χ2n) is 8.35. The molecule has 36 heavy (non-hydrogen) atoms. The van der Waals surface area contributed by atoms with Gasteiger partial charge in [0.05, 0.1) is 31.0 Å². The first-order chi connectivity index (χ1) is 17.3. The molecule has 12 heteroatoms. The normalized spacial score (nSPS) is 14.4. The van der Waals surface area contributed by atoms with Gasteiger partial charge in [-0.05, 0) is 42.5 Å². The van der Waals surface area contributed by atoms with Gasteiger partial charge in [-0.15, -0.1) is 0 Å². The van der Waals surface area contributed by atoms with E-state index in [4.69, 9.17) is 15.0 Å². The summed E-state index contributed by atoms with van der Waals surface area (Å²) >= 11 is 0. The fourth-order valence-electron chi connectivity index (χ4n) is 4.18. The Bertz CT molecular complexity index is 1370. The first-order valence-electron chi connectivity index (χ1n) is 11.3. The minimum atomic E-state index is -4.47. The number of anilines is 2. The Balaban J connectivity index is 1.30. The first kappa shape index (κ1) is 23.7. The van der Waals surface area contributed by atoms with Gasteiger partial charge in [0.25, 0.3) is 5.91 Å². The number of carbonyl (C=O) groups is 1. The topological polar surface area (TPSA) is 111 Å². The van der Waals surface area contributed by atoms with Crippen LogP contribution in [0.15, 0.2) is 53.1 Å². The summed E-state index contributed by atoms with van der Waals surface area (Å²) in [4.78, 5) is 18.9. The van der Waals surface area contributed by atoms with Gasteiger partial charge >= 0.3 is 6.18 Å². The highest BCUT2D eigenvalue weighted by Gasteiger charge is 2.31. The molecule has 1 aliphatic heterocycles. The molecule has 3 N–H and O–H groups in total. The average Bonchev–Trinajstić information content (AvgIpc) is 3.48. The summed E-state index contributed by atoms with van der Waals surface area (Å²) in [7, 11) is 0. The molecule has 0 aliphatic carbocycles. The van der Waals surface area contributed by atoms with E-state index >= 15 is 0 Å². The van der Waals surface area contributed by atoms with Crippen LogP contribution in [0.5, 0.6) is 0 Å². The molecule has 0 spiro atoms. The van der Waals surface area contributed by atoms with Crippen LogP contribution in [0, 0.1) is 0 Å². The van der Waals surface area contributed by atoms with Crippen molar-refractivity contribution in [2.75, 3.05) is 36.9 Å². The van der Waals surface area contributed by atoms with Crippen molar-refractivity contribution in [2.45, 2.75) is 19.3 Å². The number of halogens is 3. The number of hydrogen-bond donors (Lipinski definition) is 2. The Kier molecular flexibility index (Phi) is 6.27. The van der Waals surface area contributed by atoms with Crippen molar-refractivity contribution in [1.82, 2.24) is 20.0 Å². The van der Waals surface area contributed by atoms with E-state index in [0.29, 0.717) is 35.4 Å². The predicted octanol–water partition coefficient (Wildman–Crippen LogP) is 3.60. The molecule has 188 valence electrons. The maximum atomic E-state index is 13.3.